The minimum Gasteiger partial charge on any atom is -0.391 e. The van der Waals surface area contributed by atoms with E-state index in [4.69, 9.17) is 0 Å². The van der Waals surface area contributed by atoms with Crippen molar-refractivity contribution in [1.29, 1.82) is 0 Å². The van der Waals surface area contributed by atoms with E-state index < -0.39 is 0 Å². The summed E-state index contributed by atoms with van der Waals surface area (Å²) in [4.78, 5) is 12.7. The topological polar surface area (TPSA) is 49.3 Å². The molecule has 0 aliphatic heterocycles. The largest absolute Gasteiger partial charge is 0.391 e. The Bertz CT molecular complexity index is 308. The molecular formula is C16H29NO2. The number of hydrogen-bond donors (Lipinski definition) is 2. The Morgan fingerprint density at radius 1 is 1.21 bits per heavy atom. The van der Waals surface area contributed by atoms with Crippen molar-refractivity contribution in [3.63, 3.8) is 0 Å². The van der Waals surface area contributed by atoms with Gasteiger partial charge in [-0.1, -0.05) is 39.5 Å². The van der Waals surface area contributed by atoms with Crippen LogP contribution in [0.15, 0.2) is 0 Å². The van der Waals surface area contributed by atoms with Gasteiger partial charge in [0.1, 0.15) is 0 Å². The number of hydrogen-bond acceptors (Lipinski definition) is 2. The fourth-order valence-electron chi connectivity index (χ4n) is 3.96. The van der Waals surface area contributed by atoms with Crippen molar-refractivity contribution in [1.82, 2.24) is 5.32 Å². The molecule has 2 rings (SSSR count). The Labute approximate surface area is 117 Å². The van der Waals surface area contributed by atoms with Gasteiger partial charge in [-0.05, 0) is 38.0 Å². The van der Waals surface area contributed by atoms with Gasteiger partial charge in [0.25, 0.3) is 0 Å². The predicted molar refractivity (Wildman–Crippen MR) is 76.8 cm³/mol. The van der Waals surface area contributed by atoms with Crippen LogP contribution in [0.3, 0.4) is 0 Å². The third-order valence-corrected chi connectivity index (χ3v) is 4.89. The second-order valence-electron chi connectivity index (χ2n) is 7.02. The molecule has 1 amide bonds. The molecule has 2 fully saturated rings. The molecule has 2 aliphatic carbocycles. The van der Waals surface area contributed by atoms with Gasteiger partial charge >= 0.3 is 0 Å². The van der Waals surface area contributed by atoms with Gasteiger partial charge in [0.2, 0.25) is 5.91 Å². The lowest BCUT2D eigenvalue weighted by Gasteiger charge is -2.34. The van der Waals surface area contributed by atoms with E-state index in [1.807, 2.05) is 0 Å². The molecule has 0 spiro atoms. The van der Waals surface area contributed by atoms with E-state index in [0.717, 1.165) is 44.9 Å². The molecule has 0 saturated heterocycles. The maximum atomic E-state index is 12.7. The summed E-state index contributed by atoms with van der Waals surface area (Å²) >= 11 is 0. The quantitative estimate of drug-likeness (QED) is 0.822. The Hall–Kier alpha value is -0.570. The summed E-state index contributed by atoms with van der Waals surface area (Å²) in [5.41, 5.74) is -0.147. The highest BCUT2D eigenvalue weighted by molar-refractivity contribution is 5.83. The molecule has 0 unspecified atom stereocenters. The third-order valence-electron chi connectivity index (χ3n) is 4.89. The van der Waals surface area contributed by atoms with Gasteiger partial charge < -0.3 is 10.4 Å². The Morgan fingerprint density at radius 3 is 2.42 bits per heavy atom. The molecule has 0 aromatic carbocycles. The molecule has 0 radical (unpaired) electrons. The van der Waals surface area contributed by atoms with E-state index in [1.54, 1.807) is 0 Å². The van der Waals surface area contributed by atoms with Crippen LogP contribution in [0.4, 0.5) is 0 Å². The second-order valence-corrected chi connectivity index (χ2v) is 7.02. The molecule has 0 bridgehead atoms. The monoisotopic (exact) mass is 267 g/mol. The fourth-order valence-corrected chi connectivity index (χ4v) is 3.96. The standard InChI is InChI=1S/C16H29NO2/c1-12(2)11-16(9-5-6-10-16)15(19)17-13-7-3-4-8-14(13)18/h12-14,18H,3-11H2,1-2H3,(H,17,19)/t13-,14-/m1/s1. The summed E-state index contributed by atoms with van der Waals surface area (Å²) in [7, 11) is 0. The normalized spacial score (nSPS) is 30.5. The Kier molecular flexibility index (Phi) is 4.88. The average molecular weight is 267 g/mol. The predicted octanol–water partition coefficient (Wildman–Crippen LogP) is 3.01. The molecule has 0 heterocycles. The number of carbonyl (C=O) groups excluding carboxylic acids is 1. The molecule has 2 saturated carbocycles. The van der Waals surface area contributed by atoms with Crippen molar-refractivity contribution >= 4 is 5.91 Å². The average Bonchev–Trinajstić information content (AvgIpc) is 2.81. The smallest absolute Gasteiger partial charge is 0.226 e. The first kappa shape index (κ1) is 14.8. The number of aliphatic hydroxyl groups is 1. The van der Waals surface area contributed by atoms with Gasteiger partial charge in [-0.3, -0.25) is 4.79 Å². The summed E-state index contributed by atoms with van der Waals surface area (Å²) in [6.45, 7) is 4.39. The number of amides is 1. The lowest BCUT2D eigenvalue weighted by atomic mass is 9.77. The molecule has 0 aromatic rings. The zero-order valence-electron chi connectivity index (χ0n) is 12.5. The SMILES string of the molecule is CC(C)CC1(C(=O)N[C@@H]2CCCC[C@H]2O)CCCC1. The minimum absolute atomic E-state index is 0.00844. The zero-order chi connectivity index (χ0) is 13.9. The van der Waals surface area contributed by atoms with Crippen LogP contribution in [0, 0.1) is 11.3 Å². The van der Waals surface area contributed by atoms with Crippen molar-refractivity contribution < 1.29 is 9.90 Å². The molecule has 3 nitrogen and oxygen atoms in total. The molecule has 2 N–H and O–H groups in total. The first-order valence-electron chi connectivity index (χ1n) is 8.02. The van der Waals surface area contributed by atoms with Crippen LogP contribution in [0.5, 0.6) is 0 Å². The van der Waals surface area contributed by atoms with Crippen molar-refractivity contribution in [3.8, 4) is 0 Å². The summed E-state index contributed by atoms with van der Waals surface area (Å²) in [6.07, 6.45) is 9.04. The van der Waals surface area contributed by atoms with E-state index in [2.05, 4.69) is 19.2 Å². The van der Waals surface area contributed by atoms with Crippen LogP contribution in [-0.2, 0) is 4.79 Å². The van der Waals surface area contributed by atoms with Crippen LogP contribution in [-0.4, -0.2) is 23.2 Å². The molecular weight excluding hydrogens is 238 g/mol. The maximum Gasteiger partial charge on any atom is 0.226 e. The van der Waals surface area contributed by atoms with E-state index >= 15 is 0 Å². The third kappa shape index (κ3) is 3.50. The molecule has 0 aromatic heterocycles. The second kappa shape index (κ2) is 6.25. The number of rotatable bonds is 4. The van der Waals surface area contributed by atoms with Gasteiger partial charge in [0.05, 0.1) is 12.1 Å². The first-order chi connectivity index (χ1) is 9.03. The molecule has 2 atom stereocenters. The summed E-state index contributed by atoms with van der Waals surface area (Å²) < 4.78 is 0. The van der Waals surface area contributed by atoms with Crippen molar-refractivity contribution in [2.75, 3.05) is 0 Å². The number of carbonyl (C=O) groups is 1. The highest BCUT2D eigenvalue weighted by atomic mass is 16.3. The highest BCUT2D eigenvalue weighted by Crippen LogP contribution is 2.43. The van der Waals surface area contributed by atoms with Crippen molar-refractivity contribution in [2.45, 2.75) is 83.8 Å². The minimum atomic E-state index is -0.338. The van der Waals surface area contributed by atoms with E-state index in [1.165, 1.54) is 12.8 Å². The Balaban J connectivity index is 1.99. The van der Waals surface area contributed by atoms with Crippen LogP contribution in [0.25, 0.3) is 0 Å². The highest BCUT2D eigenvalue weighted by Gasteiger charge is 2.42. The van der Waals surface area contributed by atoms with Crippen molar-refractivity contribution in [2.24, 2.45) is 11.3 Å². The maximum absolute atomic E-state index is 12.7. The molecule has 2 aliphatic rings. The van der Waals surface area contributed by atoms with E-state index in [0.29, 0.717) is 5.92 Å². The van der Waals surface area contributed by atoms with Gasteiger partial charge in [-0.15, -0.1) is 0 Å². The van der Waals surface area contributed by atoms with Crippen molar-refractivity contribution in [3.05, 3.63) is 0 Å². The number of nitrogens with one attached hydrogen (secondary N) is 1. The zero-order valence-corrected chi connectivity index (χ0v) is 12.5. The fraction of sp³-hybridized carbons (Fsp3) is 0.938. The van der Waals surface area contributed by atoms with Crippen LogP contribution in [0.1, 0.15) is 71.6 Å². The summed E-state index contributed by atoms with van der Waals surface area (Å²) in [5, 5.41) is 13.2. The molecule has 3 heteroatoms. The van der Waals surface area contributed by atoms with Gasteiger partial charge in [0.15, 0.2) is 0 Å². The summed E-state index contributed by atoms with van der Waals surface area (Å²) in [6, 6.07) is -0.00844. The Morgan fingerprint density at radius 2 is 1.84 bits per heavy atom. The van der Waals surface area contributed by atoms with E-state index in [9.17, 15) is 9.90 Å². The molecule has 110 valence electrons. The summed E-state index contributed by atoms with van der Waals surface area (Å²) in [5.74, 6) is 0.768. The number of aliphatic hydroxyl groups excluding tert-OH is 1. The first-order valence-corrected chi connectivity index (χ1v) is 8.02. The van der Waals surface area contributed by atoms with Gasteiger partial charge in [-0.25, -0.2) is 0 Å². The van der Waals surface area contributed by atoms with Crippen LogP contribution < -0.4 is 5.32 Å². The lowest BCUT2D eigenvalue weighted by molar-refractivity contribution is -0.133. The lowest BCUT2D eigenvalue weighted by Crippen LogP contribution is -2.50. The van der Waals surface area contributed by atoms with Crippen LogP contribution >= 0.6 is 0 Å². The van der Waals surface area contributed by atoms with Gasteiger partial charge in [-0.2, -0.15) is 0 Å². The van der Waals surface area contributed by atoms with E-state index in [-0.39, 0.29) is 23.5 Å². The van der Waals surface area contributed by atoms with Gasteiger partial charge in [0, 0.05) is 5.41 Å². The molecule has 19 heavy (non-hydrogen) atoms. The van der Waals surface area contributed by atoms with Crippen LogP contribution in [0.2, 0.25) is 0 Å².